The van der Waals surface area contributed by atoms with Crippen molar-refractivity contribution in [2.75, 3.05) is 0 Å². The van der Waals surface area contributed by atoms with Crippen molar-refractivity contribution in [3.8, 4) is 0 Å². The van der Waals surface area contributed by atoms with Gasteiger partial charge in [-0.2, -0.15) is 0 Å². The van der Waals surface area contributed by atoms with E-state index in [1.807, 2.05) is 13.8 Å². The van der Waals surface area contributed by atoms with Crippen LogP contribution in [-0.2, 0) is 0 Å². The molecule has 0 aliphatic heterocycles. The molecule has 2 aromatic rings. The van der Waals surface area contributed by atoms with E-state index in [0.29, 0.717) is 10.8 Å². The van der Waals surface area contributed by atoms with Crippen LogP contribution in [0, 0.1) is 12.7 Å². The molecule has 0 spiro atoms. The van der Waals surface area contributed by atoms with Gasteiger partial charge in [-0.15, -0.1) is 11.3 Å². The second kappa shape index (κ2) is 6.35. The number of hydrogen-bond donors (Lipinski definition) is 1. The van der Waals surface area contributed by atoms with E-state index in [1.54, 1.807) is 12.1 Å². The van der Waals surface area contributed by atoms with Gasteiger partial charge in [-0.25, -0.2) is 9.37 Å². The van der Waals surface area contributed by atoms with Crippen molar-refractivity contribution in [3.63, 3.8) is 0 Å². The molecule has 1 aromatic carbocycles. The zero-order chi connectivity index (χ0) is 15.6. The number of halogens is 1. The van der Waals surface area contributed by atoms with E-state index in [0.717, 1.165) is 16.3 Å². The maximum Gasteiger partial charge on any atom is 0.263 e. The van der Waals surface area contributed by atoms with Gasteiger partial charge in [-0.05, 0) is 31.5 Å². The molecule has 0 saturated heterocycles. The van der Waals surface area contributed by atoms with Gasteiger partial charge in [0, 0.05) is 5.92 Å². The minimum absolute atomic E-state index is 0.131. The van der Waals surface area contributed by atoms with E-state index in [9.17, 15) is 9.18 Å². The predicted molar refractivity (Wildman–Crippen MR) is 83.2 cm³/mol. The summed E-state index contributed by atoms with van der Waals surface area (Å²) < 4.78 is 12.9. The average molecular weight is 306 g/mol. The molecule has 0 aliphatic carbocycles. The van der Waals surface area contributed by atoms with E-state index in [2.05, 4.69) is 24.1 Å². The number of amides is 1. The van der Waals surface area contributed by atoms with Crippen molar-refractivity contribution >= 4 is 17.2 Å². The summed E-state index contributed by atoms with van der Waals surface area (Å²) in [7, 11) is 0. The van der Waals surface area contributed by atoms with E-state index in [-0.39, 0.29) is 17.8 Å². The molecule has 0 unspecified atom stereocenters. The Morgan fingerprint density at radius 3 is 2.38 bits per heavy atom. The largest absolute Gasteiger partial charge is 0.345 e. The van der Waals surface area contributed by atoms with Crippen molar-refractivity contribution in [3.05, 3.63) is 51.2 Å². The van der Waals surface area contributed by atoms with Crippen molar-refractivity contribution < 1.29 is 9.18 Å². The Labute approximate surface area is 128 Å². The number of aryl methyl sites for hydroxylation is 1. The number of benzene rings is 1. The molecule has 2 rings (SSSR count). The van der Waals surface area contributed by atoms with Crippen LogP contribution in [0.15, 0.2) is 24.3 Å². The summed E-state index contributed by atoms with van der Waals surface area (Å²) >= 11 is 1.43. The number of aromatic nitrogens is 1. The van der Waals surface area contributed by atoms with E-state index in [1.165, 1.54) is 23.5 Å². The first-order valence-electron chi connectivity index (χ1n) is 6.92. The highest BCUT2D eigenvalue weighted by molar-refractivity contribution is 7.13. The molecule has 1 atom stereocenters. The third-order valence-electron chi connectivity index (χ3n) is 3.23. The van der Waals surface area contributed by atoms with Gasteiger partial charge < -0.3 is 5.32 Å². The summed E-state index contributed by atoms with van der Waals surface area (Å²) in [6.45, 7) is 7.84. The maximum absolute atomic E-state index is 12.9. The second-order valence-electron chi connectivity index (χ2n) is 5.37. The molecule has 0 fully saturated rings. The van der Waals surface area contributed by atoms with Gasteiger partial charge in [0.2, 0.25) is 0 Å². The fourth-order valence-electron chi connectivity index (χ4n) is 1.97. The molecule has 3 nitrogen and oxygen atoms in total. The van der Waals surface area contributed by atoms with E-state index < -0.39 is 0 Å². The van der Waals surface area contributed by atoms with Gasteiger partial charge in [0.1, 0.15) is 10.7 Å². The third-order valence-corrected chi connectivity index (χ3v) is 4.69. The van der Waals surface area contributed by atoms with Crippen molar-refractivity contribution in [2.24, 2.45) is 0 Å². The highest BCUT2D eigenvalue weighted by Crippen LogP contribution is 2.25. The van der Waals surface area contributed by atoms with Gasteiger partial charge in [0.15, 0.2) is 0 Å². The molecular formula is C16H19FN2OS. The Balaban J connectivity index is 2.12. The molecule has 0 aliphatic rings. The Morgan fingerprint density at radius 2 is 1.86 bits per heavy atom. The number of thiazole rings is 1. The summed E-state index contributed by atoms with van der Waals surface area (Å²) in [5.74, 6) is -0.101. The zero-order valence-corrected chi connectivity index (χ0v) is 13.4. The first-order chi connectivity index (χ1) is 9.88. The summed E-state index contributed by atoms with van der Waals surface area (Å²) in [4.78, 5) is 17.4. The van der Waals surface area contributed by atoms with Gasteiger partial charge in [-0.1, -0.05) is 26.0 Å². The summed E-state index contributed by atoms with van der Waals surface area (Å²) in [5, 5.41) is 3.90. The van der Waals surface area contributed by atoms with Crippen LogP contribution in [0.2, 0.25) is 0 Å². The number of nitrogens with one attached hydrogen (secondary N) is 1. The van der Waals surface area contributed by atoms with Crippen LogP contribution in [0.3, 0.4) is 0 Å². The highest BCUT2D eigenvalue weighted by Gasteiger charge is 2.18. The maximum atomic E-state index is 12.9. The first-order valence-corrected chi connectivity index (χ1v) is 7.73. The zero-order valence-electron chi connectivity index (χ0n) is 12.6. The SMILES string of the molecule is Cc1nc(C(C)C)sc1C(=O)N[C@H](C)c1ccc(F)cc1. The molecule has 0 bridgehead atoms. The highest BCUT2D eigenvalue weighted by atomic mass is 32.1. The molecule has 21 heavy (non-hydrogen) atoms. The molecule has 1 amide bonds. The molecule has 1 aromatic heterocycles. The molecule has 0 saturated carbocycles. The molecule has 1 heterocycles. The molecule has 112 valence electrons. The molecular weight excluding hydrogens is 287 g/mol. The number of carbonyl (C=O) groups is 1. The summed E-state index contributed by atoms with van der Waals surface area (Å²) in [6, 6.07) is 5.97. The normalized spacial score (nSPS) is 12.5. The second-order valence-corrected chi connectivity index (χ2v) is 6.40. The number of rotatable bonds is 4. The van der Waals surface area contributed by atoms with Crippen LogP contribution in [0.25, 0.3) is 0 Å². The quantitative estimate of drug-likeness (QED) is 0.919. The van der Waals surface area contributed by atoms with E-state index >= 15 is 0 Å². The lowest BCUT2D eigenvalue weighted by Crippen LogP contribution is -2.26. The number of hydrogen-bond acceptors (Lipinski definition) is 3. The summed E-state index contributed by atoms with van der Waals surface area (Å²) in [6.07, 6.45) is 0. The van der Waals surface area contributed by atoms with Crippen molar-refractivity contribution in [1.29, 1.82) is 0 Å². The Bertz CT molecular complexity index is 634. The van der Waals surface area contributed by atoms with Gasteiger partial charge >= 0.3 is 0 Å². The number of carbonyl (C=O) groups excluding carboxylic acids is 1. The third kappa shape index (κ3) is 3.67. The van der Waals surface area contributed by atoms with Crippen LogP contribution in [0.1, 0.15) is 58.7 Å². The van der Waals surface area contributed by atoms with Gasteiger partial charge in [0.25, 0.3) is 5.91 Å². The standard InChI is InChI=1S/C16H19FN2OS/c1-9(2)16-19-11(4)14(21-16)15(20)18-10(3)12-5-7-13(17)8-6-12/h5-10H,1-4H3,(H,18,20)/t10-/m1/s1. The van der Waals surface area contributed by atoms with Crippen LogP contribution in [-0.4, -0.2) is 10.9 Å². The van der Waals surface area contributed by atoms with Gasteiger partial charge in [-0.3, -0.25) is 4.79 Å². The molecule has 5 heteroatoms. The van der Waals surface area contributed by atoms with Crippen LogP contribution < -0.4 is 5.32 Å². The fourth-order valence-corrected chi connectivity index (χ4v) is 2.94. The molecule has 1 N–H and O–H groups in total. The summed E-state index contributed by atoms with van der Waals surface area (Å²) in [5.41, 5.74) is 1.63. The Morgan fingerprint density at radius 1 is 1.24 bits per heavy atom. The minimum Gasteiger partial charge on any atom is -0.345 e. The minimum atomic E-state index is -0.280. The Hall–Kier alpha value is -1.75. The van der Waals surface area contributed by atoms with Gasteiger partial charge in [0.05, 0.1) is 16.7 Å². The average Bonchev–Trinajstić information content (AvgIpc) is 2.81. The van der Waals surface area contributed by atoms with Crippen molar-refractivity contribution in [1.82, 2.24) is 10.3 Å². The first kappa shape index (κ1) is 15.6. The lowest BCUT2D eigenvalue weighted by Gasteiger charge is -2.13. The monoisotopic (exact) mass is 306 g/mol. The predicted octanol–water partition coefficient (Wildman–Crippen LogP) is 4.21. The fraction of sp³-hybridized carbons (Fsp3) is 0.375. The van der Waals surface area contributed by atoms with E-state index in [4.69, 9.17) is 0 Å². The van der Waals surface area contributed by atoms with Crippen LogP contribution in [0.5, 0.6) is 0 Å². The lowest BCUT2D eigenvalue weighted by molar-refractivity contribution is 0.0943. The number of nitrogens with zero attached hydrogens (tertiary/aromatic N) is 1. The molecule has 0 radical (unpaired) electrons. The van der Waals surface area contributed by atoms with Crippen LogP contribution >= 0.6 is 11.3 Å². The smallest absolute Gasteiger partial charge is 0.263 e. The van der Waals surface area contributed by atoms with Crippen LogP contribution in [0.4, 0.5) is 4.39 Å². The lowest BCUT2D eigenvalue weighted by atomic mass is 10.1. The Kier molecular flexibility index (Phi) is 4.73. The van der Waals surface area contributed by atoms with Crippen molar-refractivity contribution in [2.45, 2.75) is 39.7 Å². The topological polar surface area (TPSA) is 42.0 Å².